The summed E-state index contributed by atoms with van der Waals surface area (Å²) in [5.74, 6) is 0.131. The van der Waals surface area contributed by atoms with E-state index in [1.54, 1.807) is 10.7 Å². The first kappa shape index (κ1) is 15.3. The smallest absolute Gasteiger partial charge is 0.257 e. The molecule has 2 aromatic rings. The maximum Gasteiger partial charge on any atom is 0.257 e. The molecule has 0 atom stereocenters. The molecule has 22 heavy (non-hydrogen) atoms. The molecule has 2 saturated heterocycles. The Bertz CT molecular complexity index is 678. The highest BCUT2D eigenvalue weighted by atomic mass is 35.5. The summed E-state index contributed by atoms with van der Waals surface area (Å²) in [5.41, 5.74) is 1.97. The molecule has 0 aliphatic carbocycles. The van der Waals surface area contributed by atoms with Crippen molar-refractivity contribution in [3.05, 3.63) is 36.2 Å². The topological polar surface area (TPSA) is 49.6 Å². The number of halogens is 1. The maximum absolute atomic E-state index is 12.8. The number of likely N-dealkylation sites (tertiary alicyclic amines) is 1. The van der Waals surface area contributed by atoms with E-state index in [0.29, 0.717) is 5.41 Å². The number of amides is 1. The van der Waals surface area contributed by atoms with Crippen LogP contribution in [0.25, 0.3) is 5.52 Å². The van der Waals surface area contributed by atoms with Crippen LogP contribution in [0, 0.1) is 5.41 Å². The Hall–Kier alpha value is -1.59. The molecular weight excluding hydrogens is 300 g/mol. The molecule has 0 saturated carbocycles. The molecule has 1 amide bonds. The molecule has 2 aliphatic rings. The molecule has 0 unspecified atom stereocenters. The van der Waals surface area contributed by atoms with E-state index < -0.39 is 0 Å². The zero-order chi connectivity index (χ0) is 14.3. The summed E-state index contributed by atoms with van der Waals surface area (Å²) in [4.78, 5) is 14.8. The van der Waals surface area contributed by atoms with Crippen molar-refractivity contribution in [2.24, 2.45) is 5.41 Å². The third-order valence-electron chi connectivity index (χ3n) is 5.05. The van der Waals surface area contributed by atoms with Crippen molar-refractivity contribution >= 4 is 23.8 Å². The van der Waals surface area contributed by atoms with Crippen LogP contribution in [-0.2, 0) is 0 Å². The molecule has 4 heterocycles. The molecule has 6 heteroatoms. The van der Waals surface area contributed by atoms with Crippen molar-refractivity contribution in [3.63, 3.8) is 0 Å². The van der Waals surface area contributed by atoms with Crippen LogP contribution in [0.2, 0.25) is 0 Å². The molecular formula is C16H21ClN4O. The molecule has 0 aromatic carbocycles. The van der Waals surface area contributed by atoms with Gasteiger partial charge in [-0.2, -0.15) is 5.10 Å². The molecule has 0 radical (unpaired) electrons. The van der Waals surface area contributed by atoms with Crippen molar-refractivity contribution in [1.29, 1.82) is 0 Å². The normalized spacial score (nSPS) is 20.3. The van der Waals surface area contributed by atoms with E-state index in [4.69, 9.17) is 0 Å². The zero-order valence-corrected chi connectivity index (χ0v) is 13.3. The van der Waals surface area contributed by atoms with E-state index >= 15 is 0 Å². The number of nitrogens with one attached hydrogen (secondary N) is 1. The highest BCUT2D eigenvalue weighted by Gasteiger charge is 2.40. The van der Waals surface area contributed by atoms with Crippen LogP contribution in [0.1, 0.15) is 29.6 Å². The number of carbonyl (C=O) groups excluding carboxylic acids is 1. The number of carbonyl (C=O) groups is 1. The number of nitrogens with zero attached hydrogens (tertiary/aromatic N) is 3. The van der Waals surface area contributed by atoms with E-state index in [0.717, 1.165) is 43.7 Å². The van der Waals surface area contributed by atoms with E-state index in [1.807, 2.05) is 29.3 Å². The lowest BCUT2D eigenvalue weighted by Crippen LogP contribution is -2.39. The lowest BCUT2D eigenvalue weighted by atomic mass is 9.78. The molecule has 2 aliphatic heterocycles. The average Bonchev–Trinajstić information content (AvgIpc) is 3.12. The van der Waals surface area contributed by atoms with Gasteiger partial charge in [0.05, 0.1) is 17.3 Å². The predicted octanol–water partition coefficient (Wildman–Crippen LogP) is 1.97. The molecule has 1 N–H and O–H groups in total. The van der Waals surface area contributed by atoms with Crippen LogP contribution >= 0.6 is 12.4 Å². The van der Waals surface area contributed by atoms with Crippen LogP contribution in [-0.4, -0.2) is 46.6 Å². The largest absolute Gasteiger partial charge is 0.338 e. The quantitative estimate of drug-likeness (QED) is 0.874. The van der Waals surface area contributed by atoms with Gasteiger partial charge in [-0.25, -0.2) is 4.52 Å². The zero-order valence-electron chi connectivity index (χ0n) is 12.5. The number of pyridine rings is 1. The minimum atomic E-state index is 0. The molecule has 0 bridgehead atoms. The number of hydrogen-bond donors (Lipinski definition) is 1. The standard InChI is InChI=1S/C16H20N4O.ClH/c21-15(13-11-18-20-9-2-1-3-14(13)20)19-10-6-16(12-19)4-7-17-8-5-16;/h1-3,9,11,17H,4-8,10,12H2;1H. The molecule has 2 fully saturated rings. The molecule has 5 nitrogen and oxygen atoms in total. The van der Waals surface area contributed by atoms with Gasteiger partial charge in [0.2, 0.25) is 0 Å². The van der Waals surface area contributed by atoms with Crippen molar-refractivity contribution in [2.75, 3.05) is 26.2 Å². The van der Waals surface area contributed by atoms with Crippen molar-refractivity contribution < 1.29 is 4.79 Å². The van der Waals surface area contributed by atoms with Crippen molar-refractivity contribution in [2.45, 2.75) is 19.3 Å². The van der Waals surface area contributed by atoms with Crippen LogP contribution in [0.15, 0.2) is 30.6 Å². The third kappa shape index (κ3) is 2.48. The van der Waals surface area contributed by atoms with Crippen molar-refractivity contribution in [3.8, 4) is 0 Å². The number of piperidine rings is 1. The molecule has 118 valence electrons. The van der Waals surface area contributed by atoms with Gasteiger partial charge in [-0.05, 0) is 49.9 Å². The molecule has 2 aromatic heterocycles. The van der Waals surface area contributed by atoms with Gasteiger partial charge in [0.25, 0.3) is 5.91 Å². The highest BCUT2D eigenvalue weighted by Crippen LogP contribution is 2.39. The first-order valence-corrected chi connectivity index (χ1v) is 7.70. The second-order valence-electron chi connectivity index (χ2n) is 6.32. The van der Waals surface area contributed by atoms with Crippen LogP contribution < -0.4 is 5.32 Å². The van der Waals surface area contributed by atoms with Gasteiger partial charge >= 0.3 is 0 Å². The van der Waals surface area contributed by atoms with Gasteiger partial charge in [-0.1, -0.05) is 6.07 Å². The second-order valence-corrected chi connectivity index (χ2v) is 6.32. The lowest BCUT2D eigenvalue weighted by molar-refractivity contribution is 0.0763. The van der Waals surface area contributed by atoms with Gasteiger partial charge in [-0.15, -0.1) is 12.4 Å². The Morgan fingerprint density at radius 3 is 2.86 bits per heavy atom. The Labute approximate surface area is 136 Å². The first-order valence-electron chi connectivity index (χ1n) is 7.70. The fraction of sp³-hybridized carbons (Fsp3) is 0.500. The van der Waals surface area contributed by atoms with Gasteiger partial charge in [-0.3, -0.25) is 4.79 Å². The van der Waals surface area contributed by atoms with Crippen LogP contribution in [0.5, 0.6) is 0 Å². The summed E-state index contributed by atoms with van der Waals surface area (Å²) in [6, 6.07) is 5.83. The highest BCUT2D eigenvalue weighted by molar-refractivity contribution is 6.00. The Kier molecular flexibility index (Phi) is 4.10. The molecule has 1 spiro atoms. The fourth-order valence-electron chi connectivity index (χ4n) is 3.74. The second kappa shape index (κ2) is 5.89. The fourth-order valence-corrected chi connectivity index (χ4v) is 3.74. The Balaban J connectivity index is 0.00000144. The van der Waals surface area contributed by atoms with E-state index in [1.165, 1.54) is 12.8 Å². The van der Waals surface area contributed by atoms with Gasteiger partial charge in [0.15, 0.2) is 0 Å². The third-order valence-corrected chi connectivity index (χ3v) is 5.05. The lowest BCUT2D eigenvalue weighted by Gasteiger charge is -2.33. The van der Waals surface area contributed by atoms with E-state index in [-0.39, 0.29) is 18.3 Å². The minimum Gasteiger partial charge on any atom is -0.338 e. The minimum absolute atomic E-state index is 0. The Morgan fingerprint density at radius 2 is 2.05 bits per heavy atom. The predicted molar refractivity (Wildman–Crippen MR) is 87.5 cm³/mol. The first-order chi connectivity index (χ1) is 10.3. The van der Waals surface area contributed by atoms with E-state index in [2.05, 4.69) is 10.4 Å². The monoisotopic (exact) mass is 320 g/mol. The summed E-state index contributed by atoms with van der Waals surface area (Å²) in [6.45, 7) is 3.94. The van der Waals surface area contributed by atoms with Crippen LogP contribution in [0.3, 0.4) is 0 Å². The summed E-state index contributed by atoms with van der Waals surface area (Å²) in [6.07, 6.45) is 7.09. The number of hydrogen-bond acceptors (Lipinski definition) is 3. The van der Waals surface area contributed by atoms with E-state index in [9.17, 15) is 4.79 Å². The number of rotatable bonds is 1. The SMILES string of the molecule is Cl.O=C(c1cnn2ccccc12)N1CCC2(CCNCC2)C1. The summed E-state index contributed by atoms with van der Waals surface area (Å²) < 4.78 is 1.77. The van der Waals surface area contributed by atoms with Gasteiger partial charge in [0, 0.05) is 19.3 Å². The van der Waals surface area contributed by atoms with Crippen LogP contribution in [0.4, 0.5) is 0 Å². The maximum atomic E-state index is 12.8. The molecule has 4 rings (SSSR count). The summed E-state index contributed by atoms with van der Waals surface area (Å²) >= 11 is 0. The van der Waals surface area contributed by atoms with Gasteiger partial charge in [0.1, 0.15) is 0 Å². The number of aromatic nitrogens is 2. The average molecular weight is 321 g/mol. The number of fused-ring (bicyclic) bond motifs is 1. The Morgan fingerprint density at radius 1 is 1.23 bits per heavy atom. The van der Waals surface area contributed by atoms with Gasteiger partial charge < -0.3 is 10.2 Å². The summed E-state index contributed by atoms with van der Waals surface area (Å²) in [7, 11) is 0. The van der Waals surface area contributed by atoms with Crippen molar-refractivity contribution in [1.82, 2.24) is 19.8 Å². The summed E-state index contributed by atoms with van der Waals surface area (Å²) in [5, 5.41) is 7.69.